The maximum absolute atomic E-state index is 12.7. The van der Waals surface area contributed by atoms with Gasteiger partial charge in [-0.05, 0) is 49.2 Å². The highest BCUT2D eigenvalue weighted by atomic mass is 35.5. The zero-order valence-electron chi connectivity index (χ0n) is 17.1. The molecule has 2 aromatic carbocycles. The molecule has 1 aliphatic rings. The summed E-state index contributed by atoms with van der Waals surface area (Å²) in [5, 5.41) is 3.73. The molecule has 30 heavy (non-hydrogen) atoms. The average Bonchev–Trinajstić information content (AvgIpc) is 3.20. The van der Waals surface area contributed by atoms with Crippen molar-refractivity contribution >= 4 is 34.5 Å². The molecular formula is C22H25ClN4O3. The standard InChI is InChI=1S/C22H25ClN4O3/c1-29-17-4-6-20(30-2)15(11-17)13-24-21(28)14-7-9-27(10-8-14)22-25-18-5-3-16(23)12-19(18)26-22/h3-6,11-12,14H,7-10,13H2,1-2H3,(H,24,28)(H,25,26). The van der Waals surface area contributed by atoms with Crippen molar-refractivity contribution in [3.63, 3.8) is 0 Å². The van der Waals surface area contributed by atoms with Gasteiger partial charge in [0, 0.05) is 36.1 Å². The predicted octanol–water partition coefficient (Wildman–Crippen LogP) is 3.77. The second kappa shape index (κ2) is 8.83. The quantitative estimate of drug-likeness (QED) is 0.624. The minimum atomic E-state index is -0.0170. The van der Waals surface area contributed by atoms with Crippen LogP contribution >= 0.6 is 11.6 Å². The van der Waals surface area contributed by atoms with Crippen molar-refractivity contribution in [3.8, 4) is 11.5 Å². The topological polar surface area (TPSA) is 79.5 Å². The number of piperidine rings is 1. The lowest BCUT2D eigenvalue weighted by Crippen LogP contribution is -2.40. The van der Waals surface area contributed by atoms with Crippen molar-refractivity contribution in [1.29, 1.82) is 0 Å². The number of H-pyrrole nitrogens is 1. The molecule has 3 aromatic rings. The summed E-state index contributed by atoms with van der Waals surface area (Å²) in [6.07, 6.45) is 1.55. The third kappa shape index (κ3) is 4.31. The number of halogens is 1. The van der Waals surface area contributed by atoms with Crippen LogP contribution < -0.4 is 19.7 Å². The van der Waals surface area contributed by atoms with E-state index in [1.807, 2.05) is 36.4 Å². The first-order chi connectivity index (χ1) is 14.6. The van der Waals surface area contributed by atoms with Crippen LogP contribution in [0.4, 0.5) is 5.95 Å². The first-order valence-electron chi connectivity index (χ1n) is 9.96. The normalized spacial score (nSPS) is 14.7. The molecule has 4 rings (SSSR count). The van der Waals surface area contributed by atoms with Gasteiger partial charge < -0.3 is 24.7 Å². The molecule has 0 saturated carbocycles. The summed E-state index contributed by atoms with van der Waals surface area (Å²) in [4.78, 5) is 22.9. The van der Waals surface area contributed by atoms with Gasteiger partial charge in [0.15, 0.2) is 0 Å². The van der Waals surface area contributed by atoms with Gasteiger partial charge in [0.2, 0.25) is 11.9 Å². The van der Waals surface area contributed by atoms with E-state index in [9.17, 15) is 4.79 Å². The Morgan fingerprint density at radius 3 is 2.73 bits per heavy atom. The molecular weight excluding hydrogens is 404 g/mol. The number of ether oxygens (including phenoxy) is 2. The first kappa shape index (κ1) is 20.3. The van der Waals surface area contributed by atoms with Crippen molar-refractivity contribution in [2.45, 2.75) is 19.4 Å². The fourth-order valence-corrected chi connectivity index (χ4v) is 3.99. The molecule has 0 atom stereocenters. The van der Waals surface area contributed by atoms with Crippen LogP contribution in [-0.4, -0.2) is 43.2 Å². The zero-order chi connectivity index (χ0) is 21.1. The van der Waals surface area contributed by atoms with Crippen molar-refractivity contribution in [1.82, 2.24) is 15.3 Å². The molecule has 1 fully saturated rings. The molecule has 1 aromatic heterocycles. The maximum Gasteiger partial charge on any atom is 0.223 e. The number of carbonyl (C=O) groups is 1. The van der Waals surface area contributed by atoms with Crippen molar-refractivity contribution in [2.75, 3.05) is 32.2 Å². The molecule has 2 N–H and O–H groups in total. The van der Waals surface area contributed by atoms with Gasteiger partial charge >= 0.3 is 0 Å². The van der Waals surface area contributed by atoms with Gasteiger partial charge in [0.25, 0.3) is 0 Å². The summed E-state index contributed by atoms with van der Waals surface area (Å²) in [7, 11) is 3.24. The fraction of sp³-hybridized carbons (Fsp3) is 0.364. The Bertz CT molecular complexity index is 1040. The van der Waals surface area contributed by atoms with E-state index in [1.54, 1.807) is 14.2 Å². The van der Waals surface area contributed by atoms with Crippen LogP contribution in [0.2, 0.25) is 5.02 Å². The second-order valence-electron chi connectivity index (χ2n) is 7.38. The molecule has 2 heterocycles. The Hall–Kier alpha value is -2.93. The van der Waals surface area contributed by atoms with Gasteiger partial charge in [0.1, 0.15) is 11.5 Å². The number of hydrogen-bond acceptors (Lipinski definition) is 5. The second-order valence-corrected chi connectivity index (χ2v) is 7.82. The monoisotopic (exact) mass is 428 g/mol. The number of nitrogens with one attached hydrogen (secondary N) is 2. The highest BCUT2D eigenvalue weighted by molar-refractivity contribution is 6.31. The Morgan fingerprint density at radius 2 is 2.00 bits per heavy atom. The van der Waals surface area contributed by atoms with Gasteiger partial charge in [-0.3, -0.25) is 4.79 Å². The third-order valence-corrected chi connectivity index (χ3v) is 5.77. The van der Waals surface area contributed by atoms with E-state index in [0.717, 1.165) is 60.0 Å². The SMILES string of the molecule is COc1ccc(OC)c(CNC(=O)C2CCN(c3nc4ccc(Cl)cc4[nH]3)CC2)c1. The number of carbonyl (C=O) groups excluding carboxylic acids is 1. The van der Waals surface area contributed by atoms with Gasteiger partial charge in [-0.2, -0.15) is 0 Å². The molecule has 7 nitrogen and oxygen atoms in total. The van der Waals surface area contributed by atoms with Gasteiger partial charge in [-0.25, -0.2) is 4.98 Å². The summed E-state index contributed by atoms with van der Waals surface area (Å²) in [6.45, 7) is 1.95. The average molecular weight is 429 g/mol. The zero-order valence-corrected chi connectivity index (χ0v) is 17.8. The Labute approximate surface area is 180 Å². The lowest BCUT2D eigenvalue weighted by atomic mass is 9.96. The van der Waals surface area contributed by atoms with E-state index in [4.69, 9.17) is 21.1 Å². The van der Waals surface area contributed by atoms with Crippen molar-refractivity contribution in [2.24, 2.45) is 5.92 Å². The number of benzene rings is 2. The van der Waals surface area contributed by atoms with Gasteiger partial charge in [-0.15, -0.1) is 0 Å². The van der Waals surface area contributed by atoms with Crippen molar-refractivity contribution in [3.05, 3.63) is 47.0 Å². The van der Waals surface area contributed by atoms with Gasteiger partial charge in [-0.1, -0.05) is 11.6 Å². The van der Waals surface area contributed by atoms with Crippen LogP contribution in [0.1, 0.15) is 18.4 Å². The molecule has 1 aliphatic heterocycles. The number of nitrogens with zero attached hydrogens (tertiary/aromatic N) is 2. The third-order valence-electron chi connectivity index (χ3n) is 5.54. The van der Waals surface area contributed by atoms with E-state index >= 15 is 0 Å². The summed E-state index contributed by atoms with van der Waals surface area (Å²) < 4.78 is 10.7. The van der Waals surface area contributed by atoms with Crippen LogP contribution in [0.5, 0.6) is 11.5 Å². The molecule has 0 bridgehead atoms. The molecule has 8 heteroatoms. The first-order valence-corrected chi connectivity index (χ1v) is 10.3. The van der Waals surface area contributed by atoms with Gasteiger partial charge in [0.05, 0.1) is 25.3 Å². The summed E-state index contributed by atoms with van der Waals surface area (Å²) in [5.74, 6) is 2.34. The lowest BCUT2D eigenvalue weighted by Gasteiger charge is -2.31. The number of aromatic nitrogens is 2. The fourth-order valence-electron chi connectivity index (χ4n) is 3.82. The van der Waals surface area contributed by atoms with E-state index in [-0.39, 0.29) is 11.8 Å². The smallest absolute Gasteiger partial charge is 0.223 e. The lowest BCUT2D eigenvalue weighted by molar-refractivity contribution is -0.125. The predicted molar refractivity (Wildman–Crippen MR) is 117 cm³/mol. The minimum Gasteiger partial charge on any atom is -0.497 e. The number of methoxy groups -OCH3 is 2. The summed E-state index contributed by atoms with van der Waals surface area (Å²) in [6, 6.07) is 11.2. The van der Waals surface area contributed by atoms with Crippen LogP contribution in [0.3, 0.4) is 0 Å². The molecule has 0 unspecified atom stereocenters. The Kier molecular flexibility index (Phi) is 5.99. The summed E-state index contributed by atoms with van der Waals surface area (Å²) >= 11 is 6.06. The number of fused-ring (bicyclic) bond motifs is 1. The molecule has 0 aliphatic carbocycles. The Morgan fingerprint density at radius 1 is 1.20 bits per heavy atom. The maximum atomic E-state index is 12.7. The van der Waals surface area contributed by atoms with Crippen LogP contribution in [0, 0.1) is 5.92 Å². The molecule has 1 saturated heterocycles. The molecule has 0 spiro atoms. The molecule has 1 amide bonds. The van der Waals surface area contributed by atoms with Crippen molar-refractivity contribution < 1.29 is 14.3 Å². The van der Waals surface area contributed by atoms with E-state index < -0.39 is 0 Å². The Balaban J connectivity index is 1.34. The van der Waals surface area contributed by atoms with E-state index in [1.165, 1.54) is 0 Å². The van der Waals surface area contributed by atoms with Crippen LogP contribution in [0.15, 0.2) is 36.4 Å². The highest BCUT2D eigenvalue weighted by Crippen LogP contribution is 2.26. The van der Waals surface area contributed by atoms with Crippen LogP contribution in [0.25, 0.3) is 11.0 Å². The highest BCUT2D eigenvalue weighted by Gasteiger charge is 2.26. The number of rotatable bonds is 6. The van der Waals surface area contributed by atoms with Crippen LogP contribution in [-0.2, 0) is 11.3 Å². The minimum absolute atomic E-state index is 0.0170. The number of anilines is 1. The number of imidazole rings is 1. The number of amides is 1. The largest absolute Gasteiger partial charge is 0.497 e. The molecule has 0 radical (unpaired) electrons. The molecule has 158 valence electrons. The summed E-state index contributed by atoms with van der Waals surface area (Å²) in [5.41, 5.74) is 2.70. The van der Waals surface area contributed by atoms with E-state index in [2.05, 4.69) is 20.2 Å². The number of aromatic amines is 1. The number of hydrogen-bond donors (Lipinski definition) is 2. The van der Waals surface area contributed by atoms with E-state index in [0.29, 0.717) is 11.6 Å².